The molecule has 1 aliphatic rings. The van der Waals surface area contributed by atoms with E-state index in [4.69, 9.17) is 16.3 Å². The molecule has 1 saturated heterocycles. The summed E-state index contributed by atoms with van der Waals surface area (Å²) in [6.45, 7) is 4.86. The van der Waals surface area contributed by atoms with Crippen LogP contribution in [0, 0.1) is 11.8 Å². The van der Waals surface area contributed by atoms with Gasteiger partial charge in [0.15, 0.2) is 0 Å². The highest BCUT2D eigenvalue weighted by Crippen LogP contribution is 2.28. The zero-order chi connectivity index (χ0) is 13.5. The second-order valence-corrected chi connectivity index (χ2v) is 4.69. The summed E-state index contributed by atoms with van der Waals surface area (Å²) in [5, 5.41) is 0. The SMILES string of the molecule is COc1ccccc1N1CCN(CC#CCCl)CC1.Cl.Cl. The fourth-order valence-electron chi connectivity index (χ4n) is 2.25. The molecule has 0 spiro atoms. The Morgan fingerprint density at radius 3 is 2.38 bits per heavy atom. The van der Waals surface area contributed by atoms with Crippen LogP contribution in [0.1, 0.15) is 0 Å². The van der Waals surface area contributed by atoms with Gasteiger partial charge < -0.3 is 9.64 Å². The van der Waals surface area contributed by atoms with Crippen LogP contribution in [0.2, 0.25) is 0 Å². The second kappa shape index (κ2) is 10.9. The number of piperazine rings is 1. The topological polar surface area (TPSA) is 15.7 Å². The molecule has 21 heavy (non-hydrogen) atoms. The van der Waals surface area contributed by atoms with Gasteiger partial charge in [-0.15, -0.1) is 36.4 Å². The number of nitrogens with zero attached hydrogens (tertiary/aromatic N) is 2. The fourth-order valence-corrected chi connectivity index (χ4v) is 2.35. The van der Waals surface area contributed by atoms with Gasteiger partial charge in [0.05, 0.1) is 25.2 Å². The molecule has 0 aliphatic carbocycles. The molecule has 6 heteroatoms. The van der Waals surface area contributed by atoms with Crippen LogP contribution >= 0.6 is 36.4 Å². The van der Waals surface area contributed by atoms with Crippen molar-refractivity contribution in [2.75, 3.05) is 50.6 Å². The molecule has 0 unspecified atom stereocenters. The maximum absolute atomic E-state index is 5.54. The molecule has 0 saturated carbocycles. The van der Waals surface area contributed by atoms with Gasteiger partial charge in [-0.2, -0.15) is 0 Å². The van der Waals surface area contributed by atoms with Gasteiger partial charge in [0.2, 0.25) is 0 Å². The third-order valence-corrected chi connectivity index (χ3v) is 3.43. The maximum atomic E-state index is 5.54. The third kappa shape index (κ3) is 5.84. The van der Waals surface area contributed by atoms with Crippen molar-refractivity contribution in [2.24, 2.45) is 0 Å². The summed E-state index contributed by atoms with van der Waals surface area (Å²) in [6, 6.07) is 8.17. The van der Waals surface area contributed by atoms with Crippen LogP contribution in [0.5, 0.6) is 5.75 Å². The Morgan fingerprint density at radius 2 is 1.76 bits per heavy atom. The third-order valence-electron chi connectivity index (χ3n) is 3.29. The molecule has 0 aromatic heterocycles. The molecule has 118 valence electrons. The van der Waals surface area contributed by atoms with E-state index in [2.05, 4.69) is 33.8 Å². The highest BCUT2D eigenvalue weighted by molar-refractivity contribution is 6.19. The van der Waals surface area contributed by atoms with E-state index in [9.17, 15) is 0 Å². The van der Waals surface area contributed by atoms with Crippen LogP contribution in [-0.4, -0.2) is 50.6 Å². The van der Waals surface area contributed by atoms with Crippen molar-refractivity contribution >= 4 is 42.1 Å². The molecule has 1 aromatic carbocycles. The lowest BCUT2D eigenvalue weighted by molar-refractivity contribution is 0.287. The van der Waals surface area contributed by atoms with Crippen molar-refractivity contribution in [3.05, 3.63) is 24.3 Å². The van der Waals surface area contributed by atoms with E-state index in [-0.39, 0.29) is 24.8 Å². The van der Waals surface area contributed by atoms with E-state index in [0.717, 1.165) is 38.5 Å². The van der Waals surface area contributed by atoms with Crippen molar-refractivity contribution in [3.63, 3.8) is 0 Å². The lowest BCUT2D eigenvalue weighted by Crippen LogP contribution is -2.46. The molecule has 1 aromatic rings. The van der Waals surface area contributed by atoms with Crippen molar-refractivity contribution in [1.82, 2.24) is 4.90 Å². The lowest BCUT2D eigenvalue weighted by Gasteiger charge is -2.35. The van der Waals surface area contributed by atoms with Gasteiger partial charge >= 0.3 is 0 Å². The van der Waals surface area contributed by atoms with Crippen LogP contribution in [0.4, 0.5) is 5.69 Å². The zero-order valence-electron chi connectivity index (χ0n) is 12.0. The molecular weight excluding hydrogens is 331 g/mol. The summed E-state index contributed by atoms with van der Waals surface area (Å²) in [5.74, 6) is 7.34. The molecule has 1 fully saturated rings. The number of alkyl halides is 1. The highest BCUT2D eigenvalue weighted by Gasteiger charge is 2.18. The summed E-state index contributed by atoms with van der Waals surface area (Å²) in [6.07, 6.45) is 0. The fraction of sp³-hybridized carbons (Fsp3) is 0.467. The van der Waals surface area contributed by atoms with E-state index in [1.54, 1.807) is 7.11 Å². The van der Waals surface area contributed by atoms with Crippen LogP contribution in [-0.2, 0) is 0 Å². The van der Waals surface area contributed by atoms with Gasteiger partial charge in [0, 0.05) is 26.2 Å². The molecule has 1 aliphatic heterocycles. The molecule has 0 atom stereocenters. The quantitative estimate of drug-likeness (QED) is 0.615. The minimum atomic E-state index is 0. The normalized spacial score (nSPS) is 14.3. The molecule has 0 bridgehead atoms. The number of benzene rings is 1. The zero-order valence-corrected chi connectivity index (χ0v) is 14.4. The molecule has 0 radical (unpaired) electrons. The van der Waals surface area contributed by atoms with E-state index in [1.165, 1.54) is 5.69 Å². The first kappa shape index (κ1) is 20.2. The number of hydrogen-bond acceptors (Lipinski definition) is 3. The smallest absolute Gasteiger partial charge is 0.142 e. The van der Waals surface area contributed by atoms with E-state index < -0.39 is 0 Å². The van der Waals surface area contributed by atoms with Gasteiger partial charge in [0.1, 0.15) is 5.75 Å². The monoisotopic (exact) mass is 350 g/mol. The van der Waals surface area contributed by atoms with Crippen molar-refractivity contribution < 1.29 is 4.74 Å². The van der Waals surface area contributed by atoms with Crippen molar-refractivity contribution in [3.8, 4) is 17.6 Å². The first-order valence-electron chi connectivity index (χ1n) is 6.47. The summed E-state index contributed by atoms with van der Waals surface area (Å²) < 4.78 is 5.41. The average molecular weight is 352 g/mol. The molecule has 2 rings (SSSR count). The Hall–Kier alpha value is -0.790. The number of rotatable bonds is 3. The van der Waals surface area contributed by atoms with Crippen LogP contribution < -0.4 is 9.64 Å². The number of hydrogen-bond donors (Lipinski definition) is 0. The summed E-state index contributed by atoms with van der Waals surface area (Å²) in [4.78, 5) is 4.72. The minimum absolute atomic E-state index is 0. The van der Waals surface area contributed by atoms with Crippen molar-refractivity contribution in [1.29, 1.82) is 0 Å². The first-order chi connectivity index (χ1) is 9.35. The standard InChI is InChI=1S/C15H19ClN2O.2ClH/c1-19-15-7-3-2-6-14(15)18-12-10-17(11-13-18)9-5-4-8-16;;/h2-3,6-7H,8-13H2,1H3;2*1H. The summed E-state index contributed by atoms with van der Waals surface area (Å²) >= 11 is 5.54. The second-order valence-electron chi connectivity index (χ2n) is 4.42. The Labute approximate surface area is 144 Å². The Balaban J connectivity index is 0.00000200. The van der Waals surface area contributed by atoms with Gasteiger partial charge in [-0.1, -0.05) is 24.0 Å². The average Bonchev–Trinajstić information content (AvgIpc) is 2.48. The number of halogens is 3. The Morgan fingerprint density at radius 1 is 1.10 bits per heavy atom. The molecule has 3 nitrogen and oxygen atoms in total. The predicted molar refractivity (Wildman–Crippen MR) is 94.6 cm³/mol. The Kier molecular flexibility index (Phi) is 10.5. The molecule has 0 N–H and O–H groups in total. The molecule has 1 heterocycles. The summed E-state index contributed by atoms with van der Waals surface area (Å²) in [7, 11) is 1.72. The number of para-hydroxylation sites is 2. The number of methoxy groups -OCH3 is 1. The van der Waals surface area contributed by atoms with Gasteiger partial charge in [-0.05, 0) is 12.1 Å². The van der Waals surface area contributed by atoms with Crippen molar-refractivity contribution in [2.45, 2.75) is 0 Å². The number of ether oxygens (including phenoxy) is 1. The van der Waals surface area contributed by atoms with E-state index >= 15 is 0 Å². The molecular formula is C15H21Cl3N2O. The van der Waals surface area contributed by atoms with Gasteiger partial charge in [-0.25, -0.2) is 0 Å². The van der Waals surface area contributed by atoms with Crippen LogP contribution in [0.3, 0.4) is 0 Å². The minimum Gasteiger partial charge on any atom is -0.495 e. The van der Waals surface area contributed by atoms with Crippen LogP contribution in [0.15, 0.2) is 24.3 Å². The van der Waals surface area contributed by atoms with E-state index in [0.29, 0.717) is 5.88 Å². The lowest BCUT2D eigenvalue weighted by atomic mass is 10.2. The summed E-state index contributed by atoms with van der Waals surface area (Å²) in [5.41, 5.74) is 1.18. The maximum Gasteiger partial charge on any atom is 0.142 e. The van der Waals surface area contributed by atoms with Gasteiger partial charge in [0.25, 0.3) is 0 Å². The highest BCUT2D eigenvalue weighted by atomic mass is 35.5. The first-order valence-corrected chi connectivity index (χ1v) is 7.00. The number of anilines is 1. The predicted octanol–water partition coefficient (Wildman–Crippen LogP) is 2.90. The largest absolute Gasteiger partial charge is 0.495 e. The van der Waals surface area contributed by atoms with Gasteiger partial charge in [-0.3, -0.25) is 4.90 Å². The van der Waals surface area contributed by atoms with Crippen LogP contribution in [0.25, 0.3) is 0 Å². The molecule has 0 amide bonds. The van der Waals surface area contributed by atoms with E-state index in [1.807, 2.05) is 12.1 Å². The Bertz CT molecular complexity index is 465.